The smallest absolute Gasteiger partial charge is 0.325 e. The van der Waals surface area contributed by atoms with Crippen LogP contribution in [0.3, 0.4) is 0 Å². The molecule has 2 heterocycles. The molecular formula is C24H19F3N4O3S. The lowest BCUT2D eigenvalue weighted by Crippen LogP contribution is -2.35. The van der Waals surface area contributed by atoms with Crippen molar-refractivity contribution in [2.24, 2.45) is 0 Å². The molecule has 2 N–H and O–H groups in total. The Balaban J connectivity index is 1.48. The van der Waals surface area contributed by atoms with Gasteiger partial charge in [0.05, 0.1) is 5.69 Å². The maximum atomic E-state index is 13.1. The predicted octanol–water partition coefficient (Wildman–Crippen LogP) is 5.17. The highest BCUT2D eigenvalue weighted by molar-refractivity contribution is 8.00. The maximum Gasteiger partial charge on any atom is 0.446 e. The minimum atomic E-state index is -4.44. The highest BCUT2D eigenvalue weighted by atomic mass is 32.2. The van der Waals surface area contributed by atoms with E-state index in [1.165, 1.54) is 30.5 Å². The Labute approximate surface area is 202 Å². The number of aromatic nitrogens is 1. The number of nitrogens with one attached hydrogen (secondary N) is 2. The van der Waals surface area contributed by atoms with E-state index in [9.17, 15) is 27.6 Å². The lowest BCUT2D eigenvalue weighted by Gasteiger charge is -2.19. The minimum absolute atomic E-state index is 0.0555. The molecule has 3 aromatic rings. The van der Waals surface area contributed by atoms with Crippen molar-refractivity contribution in [3.05, 3.63) is 84.1 Å². The van der Waals surface area contributed by atoms with Crippen LogP contribution < -0.4 is 15.5 Å². The molecule has 2 atom stereocenters. The number of thioether (sulfide) groups is 1. The molecule has 0 radical (unpaired) electrons. The van der Waals surface area contributed by atoms with Crippen LogP contribution in [0.15, 0.2) is 77.8 Å². The highest BCUT2D eigenvalue weighted by Gasteiger charge is 2.42. The third kappa shape index (κ3) is 5.62. The summed E-state index contributed by atoms with van der Waals surface area (Å²) in [5.41, 5.74) is -3.16. The fourth-order valence-corrected chi connectivity index (χ4v) is 4.19. The molecule has 0 bridgehead atoms. The Kier molecular flexibility index (Phi) is 6.79. The van der Waals surface area contributed by atoms with E-state index in [4.69, 9.17) is 0 Å². The summed E-state index contributed by atoms with van der Waals surface area (Å²) >= 11 is -0.280. The Morgan fingerprint density at radius 3 is 2.43 bits per heavy atom. The molecule has 4 rings (SSSR count). The van der Waals surface area contributed by atoms with Gasteiger partial charge in [0.25, 0.3) is 11.8 Å². The summed E-state index contributed by atoms with van der Waals surface area (Å²) in [7, 11) is 0. The first-order valence-corrected chi connectivity index (χ1v) is 11.3. The van der Waals surface area contributed by atoms with Crippen LogP contribution in [0.1, 0.15) is 28.8 Å². The van der Waals surface area contributed by atoms with E-state index in [0.29, 0.717) is 11.1 Å². The van der Waals surface area contributed by atoms with E-state index in [2.05, 4.69) is 15.6 Å². The zero-order valence-electron chi connectivity index (χ0n) is 18.2. The number of hydrogen-bond donors (Lipinski definition) is 2. The molecule has 7 nitrogen and oxygen atoms in total. The van der Waals surface area contributed by atoms with Crippen molar-refractivity contribution in [1.82, 2.24) is 10.3 Å². The summed E-state index contributed by atoms with van der Waals surface area (Å²) in [5, 5.41) is 5.34. The van der Waals surface area contributed by atoms with Crippen molar-refractivity contribution in [3.8, 4) is 0 Å². The van der Waals surface area contributed by atoms with Crippen LogP contribution in [-0.4, -0.2) is 34.4 Å². The molecular weight excluding hydrogens is 481 g/mol. The summed E-state index contributed by atoms with van der Waals surface area (Å²) in [4.78, 5) is 43.0. The van der Waals surface area contributed by atoms with Gasteiger partial charge in [-0.05, 0) is 65.9 Å². The van der Waals surface area contributed by atoms with E-state index in [1.807, 2.05) is 0 Å². The van der Waals surface area contributed by atoms with Crippen molar-refractivity contribution >= 4 is 41.1 Å². The van der Waals surface area contributed by atoms with Crippen LogP contribution >= 0.6 is 11.8 Å². The number of hydrogen-bond acceptors (Lipinski definition) is 5. The molecule has 2 aromatic carbocycles. The fourth-order valence-electron chi connectivity index (χ4n) is 3.65. The lowest BCUT2D eigenvalue weighted by molar-refractivity contribution is -0.118. The van der Waals surface area contributed by atoms with Gasteiger partial charge in [-0.25, -0.2) is 14.7 Å². The van der Waals surface area contributed by atoms with Gasteiger partial charge in [0.2, 0.25) is 0 Å². The van der Waals surface area contributed by atoms with E-state index in [0.717, 1.165) is 4.90 Å². The standard InChI is InChI=1S/C24H19F3N4O3S/c1-14(16-11-12-28-19(13-16)29-21(32)15-5-3-2-4-6-15)20-22(33)31(23(34)30-20)17-7-9-18(10-8-17)35-24(25,26)27/h2-14,20H,1H3,(H,30,34)(H,28,29,32). The number of amides is 4. The fraction of sp³-hybridized carbons (Fsp3) is 0.167. The zero-order valence-corrected chi connectivity index (χ0v) is 19.1. The van der Waals surface area contributed by atoms with Crippen LogP contribution in [-0.2, 0) is 4.79 Å². The molecule has 11 heteroatoms. The molecule has 0 aliphatic carbocycles. The largest absolute Gasteiger partial charge is 0.446 e. The first kappa shape index (κ1) is 24.3. The summed E-state index contributed by atoms with van der Waals surface area (Å²) in [6.07, 6.45) is 1.49. The van der Waals surface area contributed by atoms with Crippen LogP contribution in [0.5, 0.6) is 0 Å². The second kappa shape index (κ2) is 9.79. The second-order valence-electron chi connectivity index (χ2n) is 7.73. The number of carbonyl (C=O) groups excluding carboxylic acids is 3. The number of anilines is 2. The summed E-state index contributed by atoms with van der Waals surface area (Å²) in [5.74, 6) is -1.07. The Bertz CT molecular complexity index is 1250. The van der Waals surface area contributed by atoms with Gasteiger partial charge in [-0.2, -0.15) is 13.2 Å². The summed E-state index contributed by atoms with van der Waals surface area (Å²) in [6.45, 7) is 1.74. The molecule has 1 fully saturated rings. The molecule has 35 heavy (non-hydrogen) atoms. The molecule has 180 valence electrons. The number of carbonyl (C=O) groups is 3. The first-order chi connectivity index (χ1) is 16.6. The van der Waals surface area contributed by atoms with Gasteiger partial charge < -0.3 is 10.6 Å². The van der Waals surface area contributed by atoms with Crippen LogP contribution in [0.4, 0.5) is 29.5 Å². The monoisotopic (exact) mass is 500 g/mol. The van der Waals surface area contributed by atoms with E-state index < -0.39 is 29.4 Å². The van der Waals surface area contributed by atoms with Crippen molar-refractivity contribution in [2.45, 2.75) is 29.3 Å². The summed E-state index contributed by atoms with van der Waals surface area (Å²) in [6, 6.07) is 15.3. The normalized spacial score (nSPS) is 16.7. The Morgan fingerprint density at radius 2 is 1.77 bits per heavy atom. The topological polar surface area (TPSA) is 91.4 Å². The Morgan fingerprint density at radius 1 is 1.09 bits per heavy atom. The number of pyridine rings is 1. The average molecular weight is 501 g/mol. The van der Waals surface area contributed by atoms with Crippen LogP contribution in [0, 0.1) is 0 Å². The second-order valence-corrected chi connectivity index (χ2v) is 8.86. The molecule has 1 aliphatic rings. The lowest BCUT2D eigenvalue weighted by atomic mass is 9.94. The van der Waals surface area contributed by atoms with Gasteiger partial charge in [-0.1, -0.05) is 25.1 Å². The van der Waals surface area contributed by atoms with Gasteiger partial charge in [0.15, 0.2) is 0 Å². The number of rotatable bonds is 6. The van der Waals surface area contributed by atoms with Crippen molar-refractivity contribution in [2.75, 3.05) is 10.2 Å². The molecule has 1 aliphatic heterocycles. The van der Waals surface area contributed by atoms with Gasteiger partial charge >= 0.3 is 11.5 Å². The predicted molar refractivity (Wildman–Crippen MR) is 125 cm³/mol. The Hall–Kier alpha value is -3.86. The van der Waals surface area contributed by atoms with E-state index in [1.54, 1.807) is 49.4 Å². The third-order valence-corrected chi connectivity index (χ3v) is 6.12. The molecule has 4 amide bonds. The average Bonchev–Trinajstić information content (AvgIpc) is 3.12. The molecule has 0 saturated carbocycles. The maximum absolute atomic E-state index is 13.1. The SMILES string of the molecule is CC(c1ccnc(NC(=O)c2ccccc2)c1)C1NC(=O)N(c2ccc(SC(F)(F)F)cc2)C1=O. The van der Waals surface area contributed by atoms with Gasteiger partial charge in [-0.15, -0.1) is 0 Å². The quantitative estimate of drug-likeness (QED) is 0.360. The number of nitrogens with zero attached hydrogens (tertiary/aromatic N) is 2. The van der Waals surface area contributed by atoms with E-state index >= 15 is 0 Å². The molecule has 1 saturated heterocycles. The highest BCUT2D eigenvalue weighted by Crippen LogP contribution is 2.37. The number of alkyl halides is 3. The zero-order chi connectivity index (χ0) is 25.2. The van der Waals surface area contributed by atoms with E-state index in [-0.39, 0.29) is 34.1 Å². The molecule has 0 spiro atoms. The third-order valence-electron chi connectivity index (χ3n) is 5.38. The molecule has 1 aromatic heterocycles. The van der Waals surface area contributed by atoms with Crippen molar-refractivity contribution < 1.29 is 27.6 Å². The number of halogens is 3. The van der Waals surface area contributed by atoms with Crippen LogP contribution in [0.25, 0.3) is 0 Å². The number of imide groups is 1. The van der Waals surface area contributed by atoms with Gasteiger partial charge in [-0.3, -0.25) is 9.59 Å². The minimum Gasteiger partial charge on any atom is -0.325 e. The summed E-state index contributed by atoms with van der Waals surface area (Å²) < 4.78 is 37.7. The molecule has 2 unspecified atom stereocenters. The van der Waals surface area contributed by atoms with Crippen molar-refractivity contribution in [1.29, 1.82) is 0 Å². The number of benzene rings is 2. The van der Waals surface area contributed by atoms with Gasteiger partial charge in [0.1, 0.15) is 11.9 Å². The van der Waals surface area contributed by atoms with Gasteiger partial charge in [0, 0.05) is 22.6 Å². The number of urea groups is 1. The van der Waals surface area contributed by atoms with Crippen molar-refractivity contribution in [3.63, 3.8) is 0 Å². The first-order valence-electron chi connectivity index (χ1n) is 10.4. The van der Waals surface area contributed by atoms with Crippen LogP contribution in [0.2, 0.25) is 0 Å².